The van der Waals surface area contributed by atoms with E-state index in [1.807, 2.05) is 20.2 Å². The fourth-order valence-electron chi connectivity index (χ4n) is 2.39. The Balaban J connectivity index is 1.64. The van der Waals surface area contributed by atoms with Gasteiger partial charge < -0.3 is 20.5 Å². The zero-order chi connectivity index (χ0) is 17.8. The van der Waals surface area contributed by atoms with Crippen molar-refractivity contribution in [1.29, 1.82) is 0 Å². The zero-order valence-electron chi connectivity index (χ0n) is 14.0. The van der Waals surface area contributed by atoms with Gasteiger partial charge in [0.15, 0.2) is 0 Å². The number of rotatable bonds is 5. The number of pyridine rings is 1. The van der Waals surface area contributed by atoms with Crippen molar-refractivity contribution in [3.05, 3.63) is 54.4 Å². The predicted octanol–water partition coefficient (Wildman–Crippen LogP) is 2.32. The Kier molecular flexibility index (Phi) is 4.76. The summed E-state index contributed by atoms with van der Waals surface area (Å²) in [7, 11) is 3.66. The maximum atomic E-state index is 12.3. The first kappa shape index (κ1) is 16.7. The number of hydrogen-bond donors (Lipinski definition) is 3. The second-order valence-electron chi connectivity index (χ2n) is 5.95. The number of likely N-dealkylation sites (N-methyl/N-ethyl adjacent to an activating group) is 1. The number of anilines is 2. The highest BCUT2D eigenvalue weighted by Gasteiger charge is 2.09. The van der Waals surface area contributed by atoms with Gasteiger partial charge in [-0.25, -0.2) is 0 Å². The van der Waals surface area contributed by atoms with E-state index >= 15 is 0 Å². The topological polar surface area (TPSA) is 90.1 Å². The van der Waals surface area contributed by atoms with Crippen molar-refractivity contribution in [3.8, 4) is 0 Å². The van der Waals surface area contributed by atoms with Gasteiger partial charge in [0.05, 0.1) is 23.1 Å². The number of hydrogen-bond acceptors (Lipinski definition) is 4. The van der Waals surface area contributed by atoms with Crippen LogP contribution >= 0.6 is 0 Å². The molecule has 0 aliphatic carbocycles. The number of fused-ring (bicyclic) bond motifs is 1. The minimum Gasteiger partial charge on any atom is -0.360 e. The van der Waals surface area contributed by atoms with Gasteiger partial charge in [0, 0.05) is 23.8 Å². The Morgan fingerprint density at radius 2 is 1.76 bits per heavy atom. The molecule has 2 heterocycles. The molecule has 0 saturated carbocycles. The molecule has 128 valence electrons. The lowest BCUT2D eigenvalue weighted by molar-refractivity contribution is -0.116. The molecule has 0 fully saturated rings. The minimum absolute atomic E-state index is 0.0906. The molecule has 0 aliphatic heterocycles. The average Bonchev–Trinajstić information content (AvgIpc) is 3.03. The second-order valence-corrected chi connectivity index (χ2v) is 5.95. The van der Waals surface area contributed by atoms with Crippen molar-refractivity contribution in [3.63, 3.8) is 0 Å². The first-order chi connectivity index (χ1) is 12.0. The van der Waals surface area contributed by atoms with Crippen LogP contribution < -0.4 is 10.6 Å². The van der Waals surface area contributed by atoms with Gasteiger partial charge in [0.2, 0.25) is 5.91 Å². The van der Waals surface area contributed by atoms with E-state index in [1.165, 1.54) is 0 Å². The molecule has 3 aromatic rings. The summed E-state index contributed by atoms with van der Waals surface area (Å²) in [5, 5.41) is 5.61. The molecule has 3 rings (SSSR count). The lowest BCUT2D eigenvalue weighted by atomic mass is 10.2. The minimum atomic E-state index is -0.242. The van der Waals surface area contributed by atoms with Gasteiger partial charge in [0.25, 0.3) is 5.91 Å². The highest BCUT2D eigenvalue weighted by Crippen LogP contribution is 2.16. The lowest BCUT2D eigenvalue weighted by Crippen LogP contribution is -2.27. The maximum absolute atomic E-state index is 12.3. The molecule has 0 unspecified atom stereocenters. The summed E-state index contributed by atoms with van der Waals surface area (Å²) in [5.74, 6) is -0.333. The zero-order valence-corrected chi connectivity index (χ0v) is 14.0. The average molecular weight is 337 g/mol. The van der Waals surface area contributed by atoms with Crippen molar-refractivity contribution in [2.24, 2.45) is 0 Å². The molecule has 2 amide bonds. The third-order valence-corrected chi connectivity index (χ3v) is 3.55. The van der Waals surface area contributed by atoms with Crippen LogP contribution in [-0.2, 0) is 4.79 Å². The highest BCUT2D eigenvalue weighted by molar-refractivity contribution is 6.05. The summed E-state index contributed by atoms with van der Waals surface area (Å²) in [6.45, 7) is 0.312. The van der Waals surface area contributed by atoms with E-state index in [0.29, 0.717) is 23.5 Å². The number of nitrogens with zero attached hydrogens (tertiary/aromatic N) is 2. The Hall–Kier alpha value is -3.19. The van der Waals surface area contributed by atoms with Crippen LogP contribution in [0.5, 0.6) is 0 Å². The van der Waals surface area contributed by atoms with Crippen molar-refractivity contribution in [1.82, 2.24) is 14.9 Å². The van der Waals surface area contributed by atoms with Crippen LogP contribution in [0.3, 0.4) is 0 Å². The molecular weight excluding hydrogens is 318 g/mol. The third-order valence-electron chi connectivity index (χ3n) is 3.55. The van der Waals surface area contributed by atoms with Crippen LogP contribution in [-0.4, -0.2) is 47.3 Å². The van der Waals surface area contributed by atoms with E-state index in [2.05, 4.69) is 20.6 Å². The predicted molar refractivity (Wildman–Crippen MR) is 97.7 cm³/mol. The molecule has 0 bridgehead atoms. The third kappa shape index (κ3) is 4.21. The highest BCUT2D eigenvalue weighted by atomic mass is 16.2. The quantitative estimate of drug-likeness (QED) is 0.666. The molecule has 7 nitrogen and oxygen atoms in total. The Bertz CT molecular complexity index is 899. The molecule has 0 aliphatic rings. The van der Waals surface area contributed by atoms with Crippen LogP contribution in [0.2, 0.25) is 0 Å². The molecule has 25 heavy (non-hydrogen) atoms. The molecule has 0 atom stereocenters. The molecule has 1 aromatic carbocycles. The van der Waals surface area contributed by atoms with Crippen LogP contribution in [0.25, 0.3) is 11.0 Å². The largest absolute Gasteiger partial charge is 0.360 e. The SMILES string of the molecule is CN(C)CC(=O)Nc1ccc(NC(=O)c2cnc3cc[nH]c3c2)cc1. The smallest absolute Gasteiger partial charge is 0.257 e. The summed E-state index contributed by atoms with van der Waals surface area (Å²) in [6, 6.07) is 10.6. The van der Waals surface area contributed by atoms with E-state index in [4.69, 9.17) is 0 Å². The lowest BCUT2D eigenvalue weighted by Gasteiger charge is -2.11. The number of aromatic nitrogens is 2. The number of carbonyl (C=O) groups is 2. The van der Waals surface area contributed by atoms with E-state index in [0.717, 1.165) is 11.0 Å². The fraction of sp³-hybridized carbons (Fsp3) is 0.167. The van der Waals surface area contributed by atoms with Crippen LogP contribution in [0.4, 0.5) is 11.4 Å². The van der Waals surface area contributed by atoms with Gasteiger partial charge in [-0.3, -0.25) is 14.6 Å². The summed E-state index contributed by atoms with van der Waals surface area (Å²) in [6.07, 6.45) is 3.32. The number of benzene rings is 1. The standard InChI is InChI=1S/C18H19N5O2/c1-23(2)11-17(24)21-13-3-5-14(6-4-13)22-18(25)12-9-16-15(20-10-12)7-8-19-16/h3-10,19H,11H2,1-2H3,(H,21,24)(H,22,25). The monoisotopic (exact) mass is 337 g/mol. The Labute approximate surface area is 145 Å². The van der Waals surface area contributed by atoms with Gasteiger partial charge in [-0.2, -0.15) is 0 Å². The van der Waals surface area contributed by atoms with E-state index in [-0.39, 0.29) is 11.8 Å². The summed E-state index contributed by atoms with van der Waals surface area (Å²) < 4.78 is 0. The molecule has 0 saturated heterocycles. The number of nitrogens with one attached hydrogen (secondary N) is 3. The first-order valence-corrected chi connectivity index (χ1v) is 7.80. The number of carbonyl (C=O) groups excluding carboxylic acids is 2. The summed E-state index contributed by atoms with van der Waals surface area (Å²) in [4.78, 5) is 33.1. The van der Waals surface area contributed by atoms with Crippen LogP contribution in [0, 0.1) is 0 Å². The molecule has 2 aromatic heterocycles. The van der Waals surface area contributed by atoms with Gasteiger partial charge in [-0.15, -0.1) is 0 Å². The van der Waals surface area contributed by atoms with Crippen molar-refractivity contribution in [2.75, 3.05) is 31.3 Å². The second kappa shape index (κ2) is 7.14. The fourth-order valence-corrected chi connectivity index (χ4v) is 2.39. The first-order valence-electron chi connectivity index (χ1n) is 7.80. The van der Waals surface area contributed by atoms with E-state index < -0.39 is 0 Å². The molecule has 0 radical (unpaired) electrons. The van der Waals surface area contributed by atoms with Crippen LogP contribution in [0.15, 0.2) is 48.8 Å². The van der Waals surface area contributed by atoms with E-state index in [9.17, 15) is 9.59 Å². The van der Waals surface area contributed by atoms with Gasteiger partial charge in [-0.1, -0.05) is 0 Å². The van der Waals surface area contributed by atoms with Gasteiger partial charge in [0.1, 0.15) is 0 Å². The van der Waals surface area contributed by atoms with Crippen molar-refractivity contribution < 1.29 is 9.59 Å². The van der Waals surface area contributed by atoms with Crippen molar-refractivity contribution in [2.45, 2.75) is 0 Å². The van der Waals surface area contributed by atoms with E-state index in [1.54, 1.807) is 47.6 Å². The maximum Gasteiger partial charge on any atom is 0.257 e. The van der Waals surface area contributed by atoms with Gasteiger partial charge >= 0.3 is 0 Å². The molecule has 0 spiro atoms. The number of H-pyrrole nitrogens is 1. The van der Waals surface area contributed by atoms with Crippen LogP contribution in [0.1, 0.15) is 10.4 Å². The molecule has 7 heteroatoms. The van der Waals surface area contributed by atoms with Crippen molar-refractivity contribution >= 4 is 34.2 Å². The van der Waals surface area contributed by atoms with Gasteiger partial charge in [-0.05, 0) is 50.5 Å². The summed E-state index contributed by atoms with van der Waals surface area (Å²) >= 11 is 0. The Morgan fingerprint density at radius 3 is 2.44 bits per heavy atom. The summed E-state index contributed by atoms with van der Waals surface area (Å²) in [5.41, 5.74) is 3.42. The number of amides is 2. The molecular formula is C18H19N5O2. The normalized spacial score (nSPS) is 10.8. The number of aromatic amines is 1. The molecule has 3 N–H and O–H groups in total. The Morgan fingerprint density at radius 1 is 1.08 bits per heavy atom.